The van der Waals surface area contributed by atoms with Crippen molar-refractivity contribution in [3.05, 3.63) is 53.3 Å². The number of nitrogens with two attached hydrogens (primary N) is 1. The van der Waals surface area contributed by atoms with Gasteiger partial charge >= 0.3 is 0 Å². The van der Waals surface area contributed by atoms with Gasteiger partial charge in [0, 0.05) is 5.92 Å². The van der Waals surface area contributed by atoms with Crippen molar-refractivity contribution in [2.24, 2.45) is 5.73 Å². The molecule has 1 aliphatic heterocycles. The molecule has 0 bridgehead atoms. The van der Waals surface area contributed by atoms with Crippen LogP contribution in [0.1, 0.15) is 17.0 Å². The second-order valence-corrected chi connectivity index (χ2v) is 5.50. The Bertz CT molecular complexity index is 690. The van der Waals surface area contributed by atoms with Gasteiger partial charge in [0.1, 0.15) is 24.8 Å². The average molecular weight is 317 g/mol. The van der Waals surface area contributed by atoms with Gasteiger partial charge in [-0.1, -0.05) is 6.07 Å². The number of rotatable bonds is 5. The predicted molar refractivity (Wildman–Crippen MR) is 85.9 cm³/mol. The molecule has 4 nitrogen and oxygen atoms in total. The first-order valence-corrected chi connectivity index (χ1v) is 7.63. The number of fused-ring (bicyclic) bond motifs is 1. The maximum absolute atomic E-state index is 13.5. The molecule has 0 amide bonds. The van der Waals surface area contributed by atoms with Crippen molar-refractivity contribution in [3.63, 3.8) is 0 Å². The lowest BCUT2D eigenvalue weighted by Gasteiger charge is -2.22. The Hall–Kier alpha value is -2.27. The van der Waals surface area contributed by atoms with Crippen LogP contribution in [0, 0.1) is 5.82 Å². The Kier molecular flexibility index (Phi) is 4.67. The second-order valence-electron chi connectivity index (χ2n) is 5.50. The summed E-state index contributed by atoms with van der Waals surface area (Å²) in [5.41, 5.74) is 7.80. The maximum Gasteiger partial charge on any atom is 0.161 e. The van der Waals surface area contributed by atoms with Gasteiger partial charge < -0.3 is 19.9 Å². The highest BCUT2D eigenvalue weighted by Crippen LogP contribution is 2.34. The molecule has 23 heavy (non-hydrogen) atoms. The average Bonchev–Trinajstić information content (AvgIpc) is 2.59. The van der Waals surface area contributed by atoms with E-state index in [9.17, 15) is 4.39 Å². The summed E-state index contributed by atoms with van der Waals surface area (Å²) >= 11 is 0. The van der Waals surface area contributed by atoms with Crippen molar-refractivity contribution >= 4 is 0 Å². The van der Waals surface area contributed by atoms with Crippen molar-refractivity contribution in [3.8, 4) is 17.2 Å². The van der Waals surface area contributed by atoms with Crippen molar-refractivity contribution < 1.29 is 18.6 Å². The van der Waals surface area contributed by atoms with E-state index in [1.165, 1.54) is 12.1 Å². The summed E-state index contributed by atoms with van der Waals surface area (Å²) in [5.74, 6) is 1.92. The van der Waals surface area contributed by atoms with Crippen LogP contribution >= 0.6 is 0 Å². The molecule has 0 saturated heterocycles. The van der Waals surface area contributed by atoms with Crippen molar-refractivity contribution in [2.45, 2.75) is 12.3 Å². The fraction of sp³-hybridized carbons (Fsp3) is 0.333. The van der Waals surface area contributed by atoms with Gasteiger partial charge in [0.15, 0.2) is 11.5 Å². The van der Waals surface area contributed by atoms with Gasteiger partial charge in [0.25, 0.3) is 0 Å². The Labute approximate surface area is 135 Å². The molecule has 122 valence electrons. The van der Waals surface area contributed by atoms with Crippen LogP contribution < -0.4 is 19.9 Å². The number of ether oxygens (including phenoxy) is 3. The monoisotopic (exact) mass is 317 g/mol. The van der Waals surface area contributed by atoms with Crippen LogP contribution in [0.15, 0.2) is 36.4 Å². The molecule has 0 saturated carbocycles. The van der Waals surface area contributed by atoms with Gasteiger partial charge in [-0.15, -0.1) is 0 Å². The van der Waals surface area contributed by atoms with Gasteiger partial charge in [-0.25, -0.2) is 4.39 Å². The molecule has 0 spiro atoms. The highest BCUT2D eigenvalue weighted by molar-refractivity contribution is 5.45. The maximum atomic E-state index is 13.5. The number of benzene rings is 2. The molecule has 3 rings (SSSR count). The van der Waals surface area contributed by atoms with E-state index in [1.54, 1.807) is 13.2 Å². The van der Waals surface area contributed by atoms with Crippen LogP contribution in [-0.4, -0.2) is 26.9 Å². The molecule has 1 heterocycles. The number of halogens is 1. The molecule has 0 radical (unpaired) electrons. The summed E-state index contributed by atoms with van der Waals surface area (Å²) in [5, 5.41) is 0. The predicted octanol–water partition coefficient (Wildman–Crippen LogP) is 2.89. The molecule has 5 heteroatoms. The summed E-state index contributed by atoms with van der Waals surface area (Å²) in [6, 6.07) is 10.4. The zero-order valence-electron chi connectivity index (χ0n) is 13.0. The number of hydrogen-bond donors (Lipinski definition) is 1. The van der Waals surface area contributed by atoms with Crippen LogP contribution in [0.2, 0.25) is 0 Å². The van der Waals surface area contributed by atoms with Crippen molar-refractivity contribution in [1.82, 2.24) is 0 Å². The number of hydrogen-bond acceptors (Lipinski definition) is 4. The molecule has 1 atom stereocenters. The fourth-order valence-corrected chi connectivity index (χ4v) is 2.82. The summed E-state index contributed by atoms with van der Waals surface area (Å²) in [4.78, 5) is 0. The lowest BCUT2D eigenvalue weighted by Crippen LogP contribution is -2.18. The zero-order chi connectivity index (χ0) is 16.2. The van der Waals surface area contributed by atoms with Crippen LogP contribution in [0.25, 0.3) is 0 Å². The minimum Gasteiger partial charge on any atom is -0.496 e. The minimum absolute atomic E-state index is 0.0431. The zero-order valence-corrected chi connectivity index (χ0v) is 13.0. The molecule has 0 fully saturated rings. The minimum atomic E-state index is -0.279. The third-order valence-electron chi connectivity index (χ3n) is 4.03. The molecular weight excluding hydrogens is 297 g/mol. The molecule has 0 aromatic heterocycles. The summed E-state index contributed by atoms with van der Waals surface area (Å²) in [6.45, 7) is 1.55. The van der Waals surface area contributed by atoms with E-state index in [1.807, 2.05) is 18.2 Å². The van der Waals surface area contributed by atoms with Crippen LogP contribution in [0.5, 0.6) is 17.2 Å². The highest BCUT2D eigenvalue weighted by Gasteiger charge is 2.18. The van der Waals surface area contributed by atoms with Gasteiger partial charge in [-0.2, -0.15) is 0 Å². The van der Waals surface area contributed by atoms with E-state index in [4.69, 9.17) is 19.9 Å². The van der Waals surface area contributed by atoms with Crippen LogP contribution in [0.3, 0.4) is 0 Å². The Morgan fingerprint density at radius 1 is 1.13 bits per heavy atom. The molecule has 1 aliphatic rings. The molecule has 2 aromatic carbocycles. The van der Waals surface area contributed by atoms with Gasteiger partial charge in [-0.05, 0) is 54.4 Å². The molecule has 2 aromatic rings. The van der Waals surface area contributed by atoms with Crippen LogP contribution in [-0.2, 0) is 6.42 Å². The third-order valence-corrected chi connectivity index (χ3v) is 4.03. The Balaban J connectivity index is 1.87. The summed E-state index contributed by atoms with van der Waals surface area (Å²) < 4.78 is 30.0. The Morgan fingerprint density at radius 2 is 1.91 bits per heavy atom. The lowest BCUT2D eigenvalue weighted by atomic mass is 9.91. The van der Waals surface area contributed by atoms with Crippen molar-refractivity contribution in [2.75, 3.05) is 26.9 Å². The summed E-state index contributed by atoms with van der Waals surface area (Å²) in [7, 11) is 1.58. The van der Waals surface area contributed by atoms with E-state index in [-0.39, 0.29) is 11.7 Å². The Morgan fingerprint density at radius 3 is 2.65 bits per heavy atom. The van der Waals surface area contributed by atoms with Gasteiger partial charge in [0.2, 0.25) is 0 Å². The van der Waals surface area contributed by atoms with Crippen LogP contribution in [0.4, 0.5) is 4.39 Å². The molecule has 0 aliphatic carbocycles. The standard InChI is InChI=1S/C18H20FNO3/c1-21-16-5-3-15(19)9-13(16)8-14(11-20)12-2-4-17-18(10-12)23-7-6-22-17/h2-5,9-10,14H,6-8,11,20H2,1H3. The van der Waals surface area contributed by atoms with E-state index in [2.05, 4.69) is 0 Å². The lowest BCUT2D eigenvalue weighted by molar-refractivity contribution is 0.171. The van der Waals surface area contributed by atoms with Gasteiger partial charge in [0.05, 0.1) is 7.11 Å². The first kappa shape index (κ1) is 15.6. The quantitative estimate of drug-likeness (QED) is 0.921. The SMILES string of the molecule is COc1ccc(F)cc1CC(CN)c1ccc2c(c1)OCCO2. The molecule has 1 unspecified atom stereocenters. The van der Waals surface area contributed by atoms with Crippen molar-refractivity contribution in [1.29, 1.82) is 0 Å². The first-order valence-electron chi connectivity index (χ1n) is 7.63. The smallest absolute Gasteiger partial charge is 0.161 e. The van der Waals surface area contributed by atoms with E-state index < -0.39 is 0 Å². The largest absolute Gasteiger partial charge is 0.496 e. The second kappa shape index (κ2) is 6.87. The van der Waals surface area contributed by atoms with E-state index >= 15 is 0 Å². The normalized spacial score (nSPS) is 14.4. The molecular formula is C18H20FNO3. The van der Waals surface area contributed by atoms with Gasteiger partial charge in [-0.3, -0.25) is 0 Å². The molecule has 2 N–H and O–H groups in total. The first-order chi connectivity index (χ1) is 11.2. The fourth-order valence-electron chi connectivity index (χ4n) is 2.82. The highest BCUT2D eigenvalue weighted by atomic mass is 19.1. The third kappa shape index (κ3) is 3.40. The summed E-state index contributed by atoms with van der Waals surface area (Å²) in [6.07, 6.45) is 0.594. The van der Waals surface area contributed by atoms with E-state index in [0.717, 1.165) is 22.6 Å². The topological polar surface area (TPSA) is 53.7 Å². The van der Waals surface area contributed by atoms with E-state index in [0.29, 0.717) is 31.9 Å². The number of methoxy groups -OCH3 is 1.